The third-order valence-corrected chi connectivity index (χ3v) is 2.95. The average Bonchev–Trinajstić information content (AvgIpc) is 2.92. The third kappa shape index (κ3) is 4.08. The van der Waals surface area contributed by atoms with Gasteiger partial charge >= 0.3 is 0 Å². The molecule has 1 aromatic heterocycles. The van der Waals surface area contributed by atoms with Crippen molar-refractivity contribution in [2.75, 3.05) is 25.5 Å². The van der Waals surface area contributed by atoms with Gasteiger partial charge in [-0.25, -0.2) is 4.98 Å². The molecule has 6 heteroatoms. The van der Waals surface area contributed by atoms with Gasteiger partial charge in [-0.1, -0.05) is 12.1 Å². The lowest BCUT2D eigenvalue weighted by Gasteiger charge is -2.12. The second kappa shape index (κ2) is 6.70. The minimum Gasteiger partial charge on any atom is -0.378 e. The minimum absolute atomic E-state index is 0.0164. The van der Waals surface area contributed by atoms with Crippen LogP contribution in [-0.4, -0.2) is 41.3 Å². The second-order valence-electron chi connectivity index (χ2n) is 4.75. The normalized spacial score (nSPS) is 10.3. The first kappa shape index (κ1) is 14.0. The topological polar surface area (TPSA) is 63.1 Å². The van der Waals surface area contributed by atoms with Crippen LogP contribution < -0.4 is 10.2 Å². The lowest BCUT2D eigenvalue weighted by molar-refractivity contribution is -0.120. The zero-order valence-corrected chi connectivity index (χ0v) is 11.8. The highest BCUT2D eigenvalue weighted by Crippen LogP contribution is 2.12. The van der Waals surface area contributed by atoms with E-state index in [1.165, 1.54) is 6.33 Å². The number of hydrogen-bond acceptors (Lipinski definition) is 4. The summed E-state index contributed by atoms with van der Waals surface area (Å²) in [7, 11) is 3.98. The molecule has 0 saturated heterocycles. The number of amides is 1. The molecule has 0 atom stereocenters. The first-order valence-corrected chi connectivity index (χ1v) is 6.50. The van der Waals surface area contributed by atoms with E-state index in [2.05, 4.69) is 15.4 Å². The van der Waals surface area contributed by atoms with E-state index in [1.54, 1.807) is 11.0 Å². The molecular formula is C14H19N5O. The van der Waals surface area contributed by atoms with Gasteiger partial charge in [-0.15, -0.1) is 0 Å². The number of rotatable bonds is 6. The maximum atomic E-state index is 11.8. The Labute approximate surface area is 118 Å². The fourth-order valence-electron chi connectivity index (χ4n) is 1.82. The molecule has 2 aromatic rings. The Balaban J connectivity index is 1.76. The molecule has 0 saturated carbocycles. The van der Waals surface area contributed by atoms with Gasteiger partial charge < -0.3 is 10.2 Å². The van der Waals surface area contributed by atoms with Crippen LogP contribution in [-0.2, 0) is 17.8 Å². The molecule has 1 heterocycles. The molecule has 1 aromatic carbocycles. The Kier molecular flexibility index (Phi) is 4.70. The molecule has 0 fully saturated rings. The van der Waals surface area contributed by atoms with Crippen LogP contribution in [0.25, 0.3) is 0 Å². The van der Waals surface area contributed by atoms with Gasteiger partial charge in [-0.2, -0.15) is 5.10 Å². The van der Waals surface area contributed by atoms with Crippen LogP contribution in [0.3, 0.4) is 0 Å². The van der Waals surface area contributed by atoms with Gasteiger partial charge in [0.1, 0.15) is 12.7 Å². The van der Waals surface area contributed by atoms with Crippen molar-refractivity contribution in [3.05, 3.63) is 42.5 Å². The molecule has 0 spiro atoms. The van der Waals surface area contributed by atoms with E-state index in [-0.39, 0.29) is 5.91 Å². The molecule has 0 aliphatic heterocycles. The first-order chi connectivity index (χ1) is 9.65. The van der Waals surface area contributed by atoms with Crippen LogP contribution in [0, 0.1) is 0 Å². The summed E-state index contributed by atoms with van der Waals surface area (Å²) in [6.07, 6.45) is 3.51. The molecule has 20 heavy (non-hydrogen) atoms. The summed E-state index contributed by atoms with van der Waals surface area (Å²) in [5, 5.41) is 6.84. The summed E-state index contributed by atoms with van der Waals surface area (Å²) >= 11 is 0. The zero-order valence-electron chi connectivity index (χ0n) is 11.8. The number of nitrogens with zero attached hydrogens (tertiary/aromatic N) is 4. The Hall–Kier alpha value is -2.37. The number of benzene rings is 1. The number of aromatic nitrogens is 3. The van der Waals surface area contributed by atoms with E-state index in [1.807, 2.05) is 43.3 Å². The molecule has 0 aliphatic rings. The Morgan fingerprint density at radius 1 is 1.30 bits per heavy atom. The zero-order chi connectivity index (χ0) is 14.4. The lowest BCUT2D eigenvalue weighted by Crippen LogP contribution is -2.28. The van der Waals surface area contributed by atoms with E-state index in [4.69, 9.17) is 0 Å². The van der Waals surface area contributed by atoms with Crippen molar-refractivity contribution in [1.29, 1.82) is 0 Å². The highest BCUT2D eigenvalue weighted by Gasteiger charge is 2.03. The predicted molar refractivity (Wildman–Crippen MR) is 77.5 cm³/mol. The van der Waals surface area contributed by atoms with Crippen molar-refractivity contribution in [2.24, 2.45) is 0 Å². The second-order valence-corrected chi connectivity index (χ2v) is 4.75. The van der Waals surface area contributed by atoms with E-state index >= 15 is 0 Å². The number of carbonyl (C=O) groups excluding carboxylic acids is 1. The van der Waals surface area contributed by atoms with Crippen molar-refractivity contribution < 1.29 is 4.79 Å². The van der Waals surface area contributed by atoms with E-state index in [9.17, 15) is 4.79 Å². The molecule has 106 valence electrons. The van der Waals surface area contributed by atoms with Gasteiger partial charge in [-0.05, 0) is 17.7 Å². The number of hydrogen-bond donors (Lipinski definition) is 1. The first-order valence-electron chi connectivity index (χ1n) is 6.50. The van der Waals surface area contributed by atoms with Crippen LogP contribution in [0.5, 0.6) is 0 Å². The average molecular weight is 273 g/mol. The van der Waals surface area contributed by atoms with Crippen molar-refractivity contribution in [3.63, 3.8) is 0 Å². The molecule has 1 amide bonds. The lowest BCUT2D eigenvalue weighted by atomic mass is 10.1. The molecular weight excluding hydrogens is 254 g/mol. The molecule has 2 rings (SSSR count). The van der Waals surface area contributed by atoms with Crippen molar-refractivity contribution >= 4 is 11.6 Å². The molecule has 0 aliphatic carbocycles. The predicted octanol–water partition coefficient (Wildman–Crippen LogP) is 0.703. The van der Waals surface area contributed by atoms with E-state index in [0.717, 1.165) is 11.3 Å². The smallest absolute Gasteiger partial charge is 0.224 e. The summed E-state index contributed by atoms with van der Waals surface area (Å²) in [5.74, 6) is 0.0164. The van der Waals surface area contributed by atoms with Crippen molar-refractivity contribution in [2.45, 2.75) is 13.0 Å². The summed E-state index contributed by atoms with van der Waals surface area (Å²) in [6.45, 7) is 1.18. The molecule has 0 bridgehead atoms. The van der Waals surface area contributed by atoms with Gasteiger partial charge in [0.15, 0.2) is 0 Å². The minimum atomic E-state index is 0.0164. The molecule has 0 radical (unpaired) electrons. The monoisotopic (exact) mass is 273 g/mol. The van der Waals surface area contributed by atoms with Crippen LogP contribution in [0.15, 0.2) is 36.9 Å². The summed E-state index contributed by atoms with van der Waals surface area (Å²) in [6, 6.07) is 7.98. The molecule has 0 unspecified atom stereocenters. The van der Waals surface area contributed by atoms with E-state index < -0.39 is 0 Å². The number of anilines is 1. The Morgan fingerprint density at radius 3 is 2.65 bits per heavy atom. The van der Waals surface area contributed by atoms with Crippen LogP contribution in [0.1, 0.15) is 5.56 Å². The molecule has 1 N–H and O–H groups in total. The SMILES string of the molecule is CN(C)c1ccc(CC(=O)NCCn2cncn2)cc1. The Bertz CT molecular complexity index is 533. The fourth-order valence-corrected chi connectivity index (χ4v) is 1.82. The third-order valence-electron chi connectivity index (χ3n) is 2.95. The standard InChI is InChI=1S/C14H19N5O/c1-18(2)13-5-3-12(4-6-13)9-14(20)16-7-8-19-11-15-10-17-19/h3-6,10-11H,7-9H2,1-2H3,(H,16,20). The highest BCUT2D eigenvalue weighted by molar-refractivity contribution is 5.78. The van der Waals surface area contributed by atoms with Crippen LogP contribution in [0.4, 0.5) is 5.69 Å². The van der Waals surface area contributed by atoms with Gasteiger partial charge in [0, 0.05) is 26.3 Å². The van der Waals surface area contributed by atoms with Crippen molar-refractivity contribution in [3.8, 4) is 0 Å². The summed E-state index contributed by atoms with van der Waals surface area (Å²) < 4.78 is 1.69. The number of carbonyl (C=O) groups is 1. The van der Waals surface area contributed by atoms with Crippen LogP contribution >= 0.6 is 0 Å². The van der Waals surface area contributed by atoms with Crippen molar-refractivity contribution in [1.82, 2.24) is 20.1 Å². The van der Waals surface area contributed by atoms with Gasteiger partial charge in [-0.3, -0.25) is 9.48 Å². The number of nitrogens with one attached hydrogen (secondary N) is 1. The maximum Gasteiger partial charge on any atom is 0.224 e. The summed E-state index contributed by atoms with van der Waals surface area (Å²) in [5.41, 5.74) is 2.13. The van der Waals surface area contributed by atoms with Crippen LogP contribution in [0.2, 0.25) is 0 Å². The van der Waals surface area contributed by atoms with Gasteiger partial charge in [0.05, 0.1) is 13.0 Å². The highest BCUT2D eigenvalue weighted by atomic mass is 16.1. The summed E-state index contributed by atoms with van der Waals surface area (Å²) in [4.78, 5) is 17.7. The quantitative estimate of drug-likeness (QED) is 0.841. The van der Waals surface area contributed by atoms with E-state index in [0.29, 0.717) is 19.5 Å². The fraction of sp³-hybridized carbons (Fsp3) is 0.357. The largest absolute Gasteiger partial charge is 0.378 e. The maximum absolute atomic E-state index is 11.8. The van der Waals surface area contributed by atoms with Gasteiger partial charge in [0.25, 0.3) is 0 Å². The molecule has 6 nitrogen and oxygen atoms in total. The van der Waals surface area contributed by atoms with Gasteiger partial charge in [0.2, 0.25) is 5.91 Å². The Morgan fingerprint density at radius 2 is 2.05 bits per heavy atom.